The van der Waals surface area contributed by atoms with Crippen molar-refractivity contribution < 1.29 is 47.7 Å². The Balaban J connectivity index is 0.000000210. The summed E-state index contributed by atoms with van der Waals surface area (Å²) in [6.45, 7) is 14.1. The molecule has 2 amide bonds. The number of aromatic nitrogens is 6. The number of methoxy groups -OCH3 is 2. The van der Waals surface area contributed by atoms with Crippen LogP contribution in [-0.4, -0.2) is 159 Å². The van der Waals surface area contributed by atoms with Gasteiger partial charge < -0.3 is 33.9 Å². The van der Waals surface area contributed by atoms with Gasteiger partial charge in [-0.3, -0.25) is 33.8 Å². The number of nitrogens with zero attached hydrogens (tertiary/aromatic N) is 9. The van der Waals surface area contributed by atoms with E-state index in [4.69, 9.17) is 46.9 Å². The zero-order chi connectivity index (χ0) is 56.5. The minimum absolute atomic E-state index is 0.0430. The average Bonchev–Trinajstić information content (AvgIpc) is 4.22. The number of ether oxygens (including phenoxy) is 5. The summed E-state index contributed by atoms with van der Waals surface area (Å²) in [6.07, 6.45) is 8.46. The lowest BCUT2D eigenvalue weighted by Crippen LogP contribution is -2.46. The first-order chi connectivity index (χ1) is 38.8. The van der Waals surface area contributed by atoms with Crippen molar-refractivity contribution in [3.8, 4) is 11.6 Å². The summed E-state index contributed by atoms with van der Waals surface area (Å²) in [4.78, 5) is 77.5. The molecule has 0 radical (unpaired) electrons. The lowest BCUT2D eigenvalue weighted by molar-refractivity contribution is -0.133. The number of benzene rings is 2. The van der Waals surface area contributed by atoms with E-state index in [0.717, 1.165) is 74.7 Å². The van der Waals surface area contributed by atoms with Crippen LogP contribution in [0.4, 0.5) is 0 Å². The van der Waals surface area contributed by atoms with Crippen molar-refractivity contribution in [3.05, 3.63) is 134 Å². The van der Waals surface area contributed by atoms with E-state index >= 15 is 0 Å². The van der Waals surface area contributed by atoms with E-state index in [1.54, 1.807) is 66.6 Å². The summed E-state index contributed by atoms with van der Waals surface area (Å²) in [5.74, 6) is 0.579. The molecule has 9 rings (SSSR count). The van der Waals surface area contributed by atoms with Crippen molar-refractivity contribution >= 4 is 58.0 Å². The molecule has 1 N–H and O–H groups in total. The largest absolute Gasteiger partial charge is 0.489 e. The summed E-state index contributed by atoms with van der Waals surface area (Å²) in [5.41, 5.74) is 7.19. The van der Waals surface area contributed by atoms with Crippen molar-refractivity contribution in [1.29, 1.82) is 0 Å². The number of Topliss-reactive ketones (excluding diaryl/α,β-unsaturated/α-hetero) is 3. The van der Waals surface area contributed by atoms with E-state index < -0.39 is 6.04 Å². The first-order valence-electron chi connectivity index (χ1n) is 27.1. The van der Waals surface area contributed by atoms with Gasteiger partial charge in [-0.15, -0.1) is 0 Å². The molecule has 3 aliphatic rings. The third-order valence-corrected chi connectivity index (χ3v) is 14.6. The Morgan fingerprint density at radius 3 is 2.36 bits per heavy atom. The minimum atomic E-state index is -0.527. The van der Waals surface area contributed by atoms with E-state index in [1.165, 1.54) is 10.2 Å². The van der Waals surface area contributed by atoms with Crippen molar-refractivity contribution in [2.75, 3.05) is 80.0 Å². The highest BCUT2D eigenvalue weighted by Gasteiger charge is 2.40. The lowest BCUT2D eigenvalue weighted by atomic mass is 9.92. The van der Waals surface area contributed by atoms with Gasteiger partial charge in [-0.05, 0) is 54.7 Å². The number of carbonyl (C=O) groups is 5. The molecular formula is C58H70Cl2N10O10. The molecule has 1 saturated carbocycles. The third-order valence-electron chi connectivity index (χ3n) is 14.2. The number of amides is 2. The highest BCUT2D eigenvalue weighted by atomic mass is 35.5. The average molecular weight is 1140 g/mol. The van der Waals surface area contributed by atoms with Gasteiger partial charge in [-0.1, -0.05) is 60.5 Å². The van der Waals surface area contributed by atoms with Crippen molar-refractivity contribution in [2.45, 2.75) is 97.2 Å². The molecule has 0 bridgehead atoms. The van der Waals surface area contributed by atoms with Gasteiger partial charge in [0.25, 0.3) is 5.91 Å². The summed E-state index contributed by atoms with van der Waals surface area (Å²) < 4.78 is 30.8. The summed E-state index contributed by atoms with van der Waals surface area (Å²) in [7, 11) is 3.28. The van der Waals surface area contributed by atoms with Crippen molar-refractivity contribution in [2.24, 2.45) is 0 Å². The van der Waals surface area contributed by atoms with Crippen LogP contribution < -0.4 is 10.1 Å². The number of fused-ring (bicyclic) bond motifs is 2. The topological polar surface area (TPSA) is 214 Å². The molecule has 0 spiro atoms. The van der Waals surface area contributed by atoms with Gasteiger partial charge in [-0.2, -0.15) is 10.2 Å². The molecule has 4 aromatic heterocycles. The fraction of sp³-hybridized carbons (Fsp3) is 0.466. The van der Waals surface area contributed by atoms with Gasteiger partial charge in [0.15, 0.2) is 22.4 Å². The Bertz CT molecular complexity index is 3090. The number of pyridine rings is 1. The molecule has 2 aliphatic heterocycles. The highest BCUT2D eigenvalue weighted by Crippen LogP contribution is 2.35. The first kappa shape index (κ1) is 59.6. The number of nitrogens with one attached hydrogen (secondary N) is 1. The van der Waals surface area contributed by atoms with Crippen LogP contribution in [-0.2, 0) is 77.2 Å². The monoisotopic (exact) mass is 1140 g/mol. The van der Waals surface area contributed by atoms with Crippen LogP contribution in [0.5, 0.6) is 5.75 Å². The Hall–Kier alpha value is -6.49. The maximum Gasteiger partial charge on any atom is 0.255 e. The number of carbonyl (C=O) groups excluding carboxylic acids is 5. The van der Waals surface area contributed by atoms with Crippen LogP contribution in [0.25, 0.3) is 11.5 Å². The summed E-state index contributed by atoms with van der Waals surface area (Å²) in [6, 6.07) is 16.8. The number of piperazine rings is 1. The minimum Gasteiger partial charge on any atom is -0.489 e. The molecule has 6 aromatic rings. The van der Waals surface area contributed by atoms with Crippen molar-refractivity contribution in [1.82, 2.24) is 49.4 Å². The zero-order valence-corrected chi connectivity index (χ0v) is 47.4. The fourth-order valence-corrected chi connectivity index (χ4v) is 10.3. The van der Waals surface area contributed by atoms with Gasteiger partial charge >= 0.3 is 0 Å². The lowest BCUT2D eigenvalue weighted by Gasteiger charge is -2.34. The second-order valence-electron chi connectivity index (χ2n) is 20.0. The maximum atomic E-state index is 13.1. The molecule has 80 heavy (non-hydrogen) atoms. The van der Waals surface area contributed by atoms with Gasteiger partial charge in [-0.25, -0.2) is 19.2 Å². The first-order valence-corrected chi connectivity index (χ1v) is 27.9. The Morgan fingerprint density at radius 1 is 0.838 bits per heavy atom. The Kier molecular flexibility index (Phi) is 21.8. The summed E-state index contributed by atoms with van der Waals surface area (Å²) >= 11 is 12.6. The molecule has 1 saturated heterocycles. The third kappa shape index (κ3) is 16.1. The van der Waals surface area contributed by atoms with Crippen LogP contribution in [0.15, 0.2) is 79.4 Å². The second-order valence-corrected chi connectivity index (χ2v) is 20.8. The van der Waals surface area contributed by atoms with Crippen LogP contribution >= 0.6 is 23.2 Å². The predicted octanol–water partition coefficient (Wildman–Crippen LogP) is 6.80. The smallest absolute Gasteiger partial charge is 0.255 e. The normalized spacial score (nSPS) is 16.2. The van der Waals surface area contributed by atoms with Crippen LogP contribution in [0.3, 0.4) is 0 Å². The van der Waals surface area contributed by atoms with Crippen LogP contribution in [0.2, 0.25) is 10.2 Å². The molecule has 22 heteroatoms. The molecule has 20 nitrogen and oxygen atoms in total. The molecule has 6 heterocycles. The standard InChI is InChI=1S/C31H39N3O6.C27H31Cl2N7O4/c1-38-17-18-39-16-15-32-11-13-33(14-12-32)20-23-5-7-24(8-6-23)22-40-30-4-2-3-26-27(30)21-34(31(26)37)28-10-9-25(35)19-29(28)36;1-4-6-40-7-5-25(38)31-13-19-14-33-35(16-19)27-22(28)9-18(12-32-27)8-21(37)10-20-15-30-24-11-23(29)34-36(24)26(20)17(2)39-3/h2-8,28H,9-22H2,1H3;9,11-12,14-17H,4-8,10,13H2,1-3H3,(H,31,38)/t;17-/m.0/s1. The maximum absolute atomic E-state index is 13.1. The van der Waals surface area contributed by atoms with E-state index in [2.05, 4.69) is 59.5 Å². The molecular weight excluding hydrogens is 1070 g/mol. The number of hydrogen-bond donors (Lipinski definition) is 1. The van der Waals surface area contributed by atoms with Crippen LogP contribution in [0.1, 0.15) is 101 Å². The zero-order valence-electron chi connectivity index (χ0n) is 45.9. The molecule has 2 aromatic carbocycles. The quantitative estimate of drug-likeness (QED) is 0.0437. The Morgan fingerprint density at radius 2 is 1.61 bits per heavy atom. The Labute approximate surface area is 475 Å². The van der Waals surface area contributed by atoms with E-state index in [9.17, 15) is 24.0 Å². The van der Waals surface area contributed by atoms with E-state index in [-0.39, 0.29) is 54.5 Å². The number of rotatable bonds is 26. The van der Waals surface area contributed by atoms with Gasteiger partial charge in [0.2, 0.25) is 5.91 Å². The molecule has 1 aliphatic carbocycles. The van der Waals surface area contributed by atoms with E-state index in [1.807, 2.05) is 26.0 Å². The molecule has 1 unspecified atom stereocenters. The number of halogens is 2. The number of hydrogen-bond acceptors (Lipinski definition) is 16. The molecule has 2 atom stereocenters. The fourth-order valence-electron chi connectivity index (χ4n) is 9.82. The molecule has 2 fully saturated rings. The van der Waals surface area contributed by atoms with Crippen molar-refractivity contribution in [3.63, 3.8) is 0 Å². The highest BCUT2D eigenvalue weighted by molar-refractivity contribution is 6.32. The molecule has 426 valence electrons. The number of ketones is 3. The van der Waals surface area contributed by atoms with Gasteiger partial charge in [0.1, 0.15) is 23.9 Å². The van der Waals surface area contributed by atoms with Gasteiger partial charge in [0.05, 0.1) is 68.5 Å². The summed E-state index contributed by atoms with van der Waals surface area (Å²) in [5, 5.41) is 12.1. The van der Waals surface area contributed by atoms with Gasteiger partial charge in [0, 0.05) is 139 Å². The van der Waals surface area contributed by atoms with E-state index in [0.29, 0.717) is 109 Å². The second kappa shape index (κ2) is 29.3. The van der Waals surface area contributed by atoms with Crippen LogP contribution in [0, 0.1) is 0 Å². The predicted molar refractivity (Wildman–Crippen MR) is 299 cm³/mol. The SMILES string of the molecule is CCCOCCC(=O)NCc1cnn(-c2ncc(CC(=O)Cc3cnc4cc(Cl)nn4c3[C@H](C)OC)cc2Cl)c1.COCCOCCN1CCN(Cc2ccc(COc3cccc4c3CN(C3CCC(=O)CC3=O)C4=O)cc2)CC1.